The van der Waals surface area contributed by atoms with Crippen LogP contribution in [0.15, 0.2) is 29.2 Å². The molecule has 0 aromatic heterocycles. The molecule has 1 rings (SSSR count). The standard InChI is InChI=1S/C12H18ClNS/c1-2-15-12-6-4-11(5-7-12)10-14-9-3-8-13/h4-7,14H,2-3,8-10H2,1H3. The Hall–Kier alpha value is -0.180. The second-order valence-corrected chi connectivity index (χ2v) is 5.01. The summed E-state index contributed by atoms with van der Waals surface area (Å²) in [4.78, 5) is 1.35. The highest BCUT2D eigenvalue weighted by atomic mass is 35.5. The largest absolute Gasteiger partial charge is 0.313 e. The lowest BCUT2D eigenvalue weighted by Gasteiger charge is -2.04. The number of hydrogen-bond donors (Lipinski definition) is 1. The van der Waals surface area contributed by atoms with E-state index < -0.39 is 0 Å². The van der Waals surface area contributed by atoms with Gasteiger partial charge in [0, 0.05) is 17.3 Å². The number of alkyl halides is 1. The molecule has 0 atom stereocenters. The van der Waals surface area contributed by atoms with Gasteiger partial charge in [-0.2, -0.15) is 0 Å². The highest BCUT2D eigenvalue weighted by Gasteiger charge is 1.94. The van der Waals surface area contributed by atoms with Crippen molar-refractivity contribution in [3.63, 3.8) is 0 Å². The van der Waals surface area contributed by atoms with Crippen LogP contribution in [0.2, 0.25) is 0 Å². The van der Waals surface area contributed by atoms with E-state index >= 15 is 0 Å². The van der Waals surface area contributed by atoms with Crippen LogP contribution in [0, 0.1) is 0 Å². The Labute approximate surface area is 102 Å². The molecule has 1 N–H and O–H groups in total. The fourth-order valence-electron chi connectivity index (χ4n) is 1.29. The van der Waals surface area contributed by atoms with Gasteiger partial charge in [0.25, 0.3) is 0 Å². The van der Waals surface area contributed by atoms with Gasteiger partial charge in [0.05, 0.1) is 0 Å². The third kappa shape index (κ3) is 5.45. The SMILES string of the molecule is CCSc1ccc(CNCCCCl)cc1. The van der Waals surface area contributed by atoms with Gasteiger partial charge in [-0.3, -0.25) is 0 Å². The molecule has 0 aliphatic carbocycles. The normalized spacial score (nSPS) is 10.5. The molecule has 0 radical (unpaired) electrons. The molecule has 0 aliphatic rings. The van der Waals surface area contributed by atoms with Gasteiger partial charge in [-0.15, -0.1) is 23.4 Å². The maximum atomic E-state index is 5.60. The minimum Gasteiger partial charge on any atom is -0.313 e. The Bertz CT molecular complexity index is 261. The highest BCUT2D eigenvalue weighted by molar-refractivity contribution is 7.99. The molecule has 3 heteroatoms. The summed E-state index contributed by atoms with van der Waals surface area (Å²) < 4.78 is 0. The number of rotatable bonds is 7. The first-order valence-electron chi connectivity index (χ1n) is 5.35. The molecular weight excluding hydrogens is 226 g/mol. The molecular formula is C12H18ClNS. The molecule has 1 aromatic carbocycles. The second kappa shape index (κ2) is 8.03. The summed E-state index contributed by atoms with van der Waals surface area (Å²) in [7, 11) is 0. The third-order valence-electron chi connectivity index (χ3n) is 2.05. The highest BCUT2D eigenvalue weighted by Crippen LogP contribution is 2.17. The molecule has 0 saturated heterocycles. The topological polar surface area (TPSA) is 12.0 Å². The van der Waals surface area contributed by atoms with E-state index in [1.54, 1.807) is 0 Å². The first-order chi connectivity index (χ1) is 7.36. The lowest BCUT2D eigenvalue weighted by molar-refractivity contribution is 0.677. The van der Waals surface area contributed by atoms with Crippen molar-refractivity contribution in [1.29, 1.82) is 0 Å². The van der Waals surface area contributed by atoms with Crippen LogP contribution in [0.4, 0.5) is 0 Å². The molecule has 0 fully saturated rings. The van der Waals surface area contributed by atoms with Crippen molar-refractivity contribution in [2.24, 2.45) is 0 Å². The van der Waals surface area contributed by atoms with Crippen molar-refractivity contribution < 1.29 is 0 Å². The number of benzene rings is 1. The molecule has 1 aromatic rings. The van der Waals surface area contributed by atoms with E-state index in [2.05, 4.69) is 36.5 Å². The molecule has 1 nitrogen and oxygen atoms in total. The van der Waals surface area contributed by atoms with Crippen LogP contribution in [0.5, 0.6) is 0 Å². The maximum absolute atomic E-state index is 5.60. The molecule has 15 heavy (non-hydrogen) atoms. The summed E-state index contributed by atoms with van der Waals surface area (Å²) >= 11 is 7.47. The predicted molar refractivity (Wildman–Crippen MR) is 69.9 cm³/mol. The van der Waals surface area contributed by atoms with Gasteiger partial charge >= 0.3 is 0 Å². The maximum Gasteiger partial charge on any atom is 0.0235 e. The Morgan fingerprint density at radius 1 is 1.27 bits per heavy atom. The monoisotopic (exact) mass is 243 g/mol. The minimum atomic E-state index is 0.735. The summed E-state index contributed by atoms with van der Waals surface area (Å²) in [5.41, 5.74) is 1.34. The molecule has 0 saturated carbocycles. The van der Waals surface area contributed by atoms with Crippen molar-refractivity contribution in [2.45, 2.75) is 24.8 Å². The minimum absolute atomic E-state index is 0.735. The summed E-state index contributed by atoms with van der Waals surface area (Å²) in [6.45, 7) is 4.11. The number of thioether (sulfide) groups is 1. The Morgan fingerprint density at radius 3 is 2.60 bits per heavy atom. The Kier molecular flexibility index (Phi) is 6.90. The van der Waals surface area contributed by atoms with Crippen LogP contribution >= 0.6 is 23.4 Å². The van der Waals surface area contributed by atoms with Crippen LogP contribution < -0.4 is 5.32 Å². The fourth-order valence-corrected chi connectivity index (χ4v) is 2.09. The first-order valence-corrected chi connectivity index (χ1v) is 6.87. The molecule has 84 valence electrons. The molecule has 0 unspecified atom stereocenters. The van der Waals surface area contributed by atoms with Crippen molar-refractivity contribution in [3.05, 3.63) is 29.8 Å². The molecule has 0 spiro atoms. The van der Waals surface area contributed by atoms with E-state index in [1.807, 2.05) is 11.8 Å². The lowest BCUT2D eigenvalue weighted by atomic mass is 10.2. The zero-order valence-corrected chi connectivity index (χ0v) is 10.7. The van der Waals surface area contributed by atoms with E-state index in [0.29, 0.717) is 0 Å². The van der Waals surface area contributed by atoms with Crippen molar-refractivity contribution >= 4 is 23.4 Å². The van der Waals surface area contributed by atoms with Crippen molar-refractivity contribution in [1.82, 2.24) is 5.32 Å². The smallest absolute Gasteiger partial charge is 0.0235 e. The number of halogens is 1. The van der Waals surface area contributed by atoms with E-state index in [4.69, 9.17) is 11.6 Å². The number of nitrogens with one attached hydrogen (secondary N) is 1. The predicted octanol–water partition coefficient (Wildman–Crippen LogP) is 3.52. The van der Waals surface area contributed by atoms with Crippen LogP contribution in [0.1, 0.15) is 18.9 Å². The molecule has 0 aliphatic heterocycles. The molecule has 0 amide bonds. The lowest BCUT2D eigenvalue weighted by Crippen LogP contribution is -2.14. The molecule has 0 bridgehead atoms. The average molecular weight is 244 g/mol. The quantitative estimate of drug-likeness (QED) is 0.447. The Morgan fingerprint density at radius 2 is 2.00 bits per heavy atom. The summed E-state index contributed by atoms with van der Waals surface area (Å²) in [6.07, 6.45) is 1.03. The van der Waals surface area contributed by atoms with Crippen LogP contribution in [0.25, 0.3) is 0 Å². The second-order valence-electron chi connectivity index (χ2n) is 3.30. The van der Waals surface area contributed by atoms with Crippen molar-refractivity contribution in [2.75, 3.05) is 18.2 Å². The number of hydrogen-bond acceptors (Lipinski definition) is 2. The third-order valence-corrected chi connectivity index (χ3v) is 3.21. The zero-order valence-electron chi connectivity index (χ0n) is 9.13. The van der Waals surface area contributed by atoms with Gasteiger partial charge in [0.15, 0.2) is 0 Å². The van der Waals surface area contributed by atoms with Gasteiger partial charge in [0.2, 0.25) is 0 Å². The van der Waals surface area contributed by atoms with E-state index in [1.165, 1.54) is 10.5 Å². The zero-order chi connectivity index (χ0) is 10.9. The van der Waals surface area contributed by atoms with Gasteiger partial charge in [-0.1, -0.05) is 19.1 Å². The van der Waals surface area contributed by atoms with Gasteiger partial charge < -0.3 is 5.32 Å². The van der Waals surface area contributed by atoms with E-state index in [-0.39, 0.29) is 0 Å². The van der Waals surface area contributed by atoms with Crippen LogP contribution in [-0.4, -0.2) is 18.2 Å². The van der Waals surface area contributed by atoms with Gasteiger partial charge in [-0.05, 0) is 36.4 Å². The average Bonchev–Trinajstić information content (AvgIpc) is 2.27. The van der Waals surface area contributed by atoms with Crippen LogP contribution in [-0.2, 0) is 6.54 Å². The fraction of sp³-hybridized carbons (Fsp3) is 0.500. The van der Waals surface area contributed by atoms with Gasteiger partial charge in [-0.25, -0.2) is 0 Å². The van der Waals surface area contributed by atoms with E-state index in [9.17, 15) is 0 Å². The summed E-state index contributed by atoms with van der Waals surface area (Å²) in [5, 5.41) is 3.36. The van der Waals surface area contributed by atoms with Crippen LogP contribution in [0.3, 0.4) is 0 Å². The summed E-state index contributed by atoms with van der Waals surface area (Å²) in [5.74, 6) is 1.87. The summed E-state index contributed by atoms with van der Waals surface area (Å²) in [6, 6.07) is 8.75. The van der Waals surface area contributed by atoms with E-state index in [0.717, 1.165) is 31.1 Å². The first kappa shape index (κ1) is 12.9. The van der Waals surface area contributed by atoms with Crippen molar-refractivity contribution in [3.8, 4) is 0 Å². The van der Waals surface area contributed by atoms with Gasteiger partial charge in [0.1, 0.15) is 0 Å². The molecule has 0 heterocycles. The Balaban J connectivity index is 2.29.